The Hall–Kier alpha value is -2.65. The Morgan fingerprint density at radius 3 is 2.91 bits per heavy atom. The number of rotatable bonds is 3. The van der Waals surface area contributed by atoms with Gasteiger partial charge in [0.05, 0.1) is 24.3 Å². The van der Waals surface area contributed by atoms with Gasteiger partial charge >= 0.3 is 0 Å². The zero-order valence-electron chi connectivity index (χ0n) is 12.9. The number of aryl methyl sites for hydroxylation is 1. The second kappa shape index (κ2) is 6.23. The molecule has 0 spiro atoms. The summed E-state index contributed by atoms with van der Waals surface area (Å²) in [6.07, 6.45) is 7.20. The first-order valence-electron chi connectivity index (χ1n) is 7.03. The maximum Gasteiger partial charge on any atom is 0.116 e. The van der Waals surface area contributed by atoms with E-state index in [-0.39, 0.29) is 0 Å². The van der Waals surface area contributed by atoms with Crippen LogP contribution in [-0.4, -0.2) is 27.5 Å². The summed E-state index contributed by atoms with van der Waals surface area (Å²) in [4.78, 5) is 15.1. The largest absolute Gasteiger partial charge is 0.328 e. The summed E-state index contributed by atoms with van der Waals surface area (Å²) in [6.45, 7) is 6.73. The fraction of sp³-hybridized carbons (Fsp3) is 0.176. The zero-order chi connectivity index (χ0) is 16.4. The Morgan fingerprint density at radius 1 is 1.43 bits per heavy atom. The van der Waals surface area contributed by atoms with Crippen molar-refractivity contribution in [2.75, 3.05) is 6.26 Å². The molecule has 0 saturated heterocycles. The molecule has 3 rings (SSSR count). The summed E-state index contributed by atoms with van der Waals surface area (Å²) in [6, 6.07) is 6.13. The molecule has 2 aromatic heterocycles. The summed E-state index contributed by atoms with van der Waals surface area (Å²) >= 11 is 1.45. The monoisotopic (exact) mass is 321 g/mol. The fourth-order valence-electron chi connectivity index (χ4n) is 2.55. The molecule has 114 valence electrons. The van der Waals surface area contributed by atoms with Gasteiger partial charge in [-0.25, -0.2) is 9.98 Å². The van der Waals surface area contributed by atoms with Crippen molar-refractivity contribution in [3.8, 4) is 6.07 Å². The van der Waals surface area contributed by atoms with Crippen LogP contribution >= 0.6 is 11.8 Å². The van der Waals surface area contributed by atoms with E-state index in [0.717, 1.165) is 22.5 Å². The first-order valence-corrected chi connectivity index (χ1v) is 8.26. The molecule has 1 aliphatic heterocycles. The van der Waals surface area contributed by atoms with Crippen molar-refractivity contribution in [2.45, 2.75) is 18.5 Å². The van der Waals surface area contributed by atoms with Crippen LogP contribution in [-0.2, 0) is 6.54 Å². The van der Waals surface area contributed by atoms with Crippen LogP contribution in [0.5, 0.6) is 0 Å². The van der Waals surface area contributed by atoms with Gasteiger partial charge in [-0.3, -0.25) is 4.98 Å². The van der Waals surface area contributed by atoms with E-state index < -0.39 is 0 Å². The van der Waals surface area contributed by atoms with E-state index in [2.05, 4.69) is 27.6 Å². The smallest absolute Gasteiger partial charge is 0.116 e. The highest BCUT2D eigenvalue weighted by atomic mass is 32.2. The number of nitrogens with zero attached hydrogens (tertiary/aromatic N) is 5. The molecule has 0 amide bonds. The summed E-state index contributed by atoms with van der Waals surface area (Å²) in [5.74, 6) is 0. The van der Waals surface area contributed by atoms with E-state index in [0.29, 0.717) is 22.8 Å². The maximum absolute atomic E-state index is 9.46. The minimum Gasteiger partial charge on any atom is -0.328 e. The fourth-order valence-corrected chi connectivity index (χ4v) is 3.12. The Kier molecular flexibility index (Phi) is 4.13. The van der Waals surface area contributed by atoms with Crippen LogP contribution < -0.4 is 0 Å². The second-order valence-electron chi connectivity index (χ2n) is 5.10. The van der Waals surface area contributed by atoms with E-state index in [1.807, 2.05) is 36.4 Å². The Balaban J connectivity index is 2.03. The number of hydrogen-bond acceptors (Lipinski definition) is 6. The van der Waals surface area contributed by atoms with Crippen molar-refractivity contribution in [3.05, 3.63) is 53.5 Å². The van der Waals surface area contributed by atoms with Crippen molar-refractivity contribution in [3.63, 3.8) is 0 Å². The highest BCUT2D eigenvalue weighted by Gasteiger charge is 2.24. The van der Waals surface area contributed by atoms with E-state index in [1.54, 1.807) is 12.5 Å². The molecule has 0 radical (unpaired) electrons. The lowest BCUT2D eigenvalue weighted by molar-refractivity contribution is 0.587. The van der Waals surface area contributed by atoms with Crippen LogP contribution in [0.25, 0.3) is 5.70 Å². The third kappa shape index (κ3) is 2.71. The van der Waals surface area contributed by atoms with Crippen LogP contribution in [0.15, 0.2) is 41.1 Å². The number of aromatic nitrogens is 2. The van der Waals surface area contributed by atoms with Gasteiger partial charge in [-0.2, -0.15) is 5.26 Å². The highest BCUT2D eigenvalue weighted by Crippen LogP contribution is 2.39. The number of fused-ring (bicyclic) bond motifs is 1. The van der Waals surface area contributed by atoms with Crippen molar-refractivity contribution in [1.29, 1.82) is 5.26 Å². The molecule has 3 heterocycles. The number of hydrogen-bond donors (Lipinski definition) is 0. The highest BCUT2D eigenvalue weighted by molar-refractivity contribution is 7.98. The van der Waals surface area contributed by atoms with E-state index in [9.17, 15) is 5.26 Å². The van der Waals surface area contributed by atoms with Crippen molar-refractivity contribution < 1.29 is 0 Å². The zero-order valence-corrected chi connectivity index (χ0v) is 13.8. The molecule has 0 fully saturated rings. The van der Waals surface area contributed by atoms with Gasteiger partial charge in [0.2, 0.25) is 0 Å². The topological polar surface area (TPSA) is 65.2 Å². The Labute approximate surface area is 139 Å². The molecule has 0 aliphatic carbocycles. The molecule has 0 bridgehead atoms. The number of nitriles is 1. The first-order chi connectivity index (χ1) is 11.2. The lowest BCUT2D eigenvalue weighted by Crippen LogP contribution is -2.23. The van der Waals surface area contributed by atoms with Crippen molar-refractivity contribution >= 4 is 29.5 Å². The maximum atomic E-state index is 9.46. The third-order valence-corrected chi connectivity index (χ3v) is 4.34. The van der Waals surface area contributed by atoms with Crippen LogP contribution in [0, 0.1) is 18.3 Å². The second-order valence-corrected chi connectivity index (χ2v) is 5.89. The van der Waals surface area contributed by atoms with Gasteiger partial charge in [-0.05, 0) is 24.8 Å². The molecule has 2 aromatic rings. The molecule has 0 saturated carbocycles. The molecule has 23 heavy (non-hydrogen) atoms. The predicted octanol–water partition coefficient (Wildman–Crippen LogP) is 3.52. The molecular weight excluding hydrogens is 306 g/mol. The minimum atomic E-state index is 0.511. The molecule has 0 unspecified atom stereocenters. The van der Waals surface area contributed by atoms with Crippen LogP contribution in [0.3, 0.4) is 0 Å². The van der Waals surface area contributed by atoms with Gasteiger partial charge in [0, 0.05) is 23.7 Å². The Morgan fingerprint density at radius 2 is 2.26 bits per heavy atom. The van der Waals surface area contributed by atoms with Gasteiger partial charge in [0.1, 0.15) is 16.7 Å². The molecular formula is C17H15N5S. The lowest BCUT2D eigenvalue weighted by Gasteiger charge is -2.28. The van der Waals surface area contributed by atoms with E-state index >= 15 is 0 Å². The average molecular weight is 321 g/mol. The minimum absolute atomic E-state index is 0.511. The van der Waals surface area contributed by atoms with E-state index in [1.165, 1.54) is 11.8 Å². The van der Waals surface area contributed by atoms with Crippen LogP contribution in [0.4, 0.5) is 5.69 Å². The molecule has 5 nitrogen and oxygen atoms in total. The molecule has 0 aromatic carbocycles. The summed E-state index contributed by atoms with van der Waals surface area (Å²) in [5, 5.41) is 10.2. The third-order valence-electron chi connectivity index (χ3n) is 3.66. The van der Waals surface area contributed by atoms with Crippen molar-refractivity contribution in [1.82, 2.24) is 14.9 Å². The number of thioether (sulfide) groups is 1. The van der Waals surface area contributed by atoms with Gasteiger partial charge in [-0.1, -0.05) is 12.6 Å². The molecule has 1 aliphatic rings. The normalized spacial score (nSPS) is 12.9. The summed E-state index contributed by atoms with van der Waals surface area (Å²) < 4.78 is 0. The summed E-state index contributed by atoms with van der Waals surface area (Å²) in [7, 11) is 0. The van der Waals surface area contributed by atoms with Crippen LogP contribution in [0.1, 0.15) is 22.4 Å². The lowest BCUT2D eigenvalue weighted by atomic mass is 10.0. The number of pyridine rings is 2. The van der Waals surface area contributed by atoms with Gasteiger partial charge in [-0.15, -0.1) is 11.8 Å². The molecule has 0 N–H and O–H groups in total. The Bertz CT molecular complexity index is 836. The molecule has 6 heteroatoms. The van der Waals surface area contributed by atoms with E-state index in [4.69, 9.17) is 0 Å². The van der Waals surface area contributed by atoms with Gasteiger partial charge in [0.15, 0.2) is 0 Å². The predicted molar refractivity (Wildman–Crippen MR) is 92.4 cm³/mol. The standard InChI is InChI=1S/C17H15N5S/c1-11-15-12(2)22(9-13-5-4-6-19-8-13)10-20-16(15)14(7-18)17(21-11)23-3/h4-6,8,10H,2,9H2,1,3H3. The number of aliphatic imine (C=N–C) groups is 1. The summed E-state index contributed by atoms with van der Waals surface area (Å²) in [5.41, 5.74) is 4.71. The quantitative estimate of drug-likeness (QED) is 0.809. The molecule has 0 atom stereocenters. The van der Waals surface area contributed by atoms with Crippen molar-refractivity contribution in [2.24, 2.45) is 4.99 Å². The SMILES string of the molecule is C=C1c2c(C)nc(SC)c(C#N)c2N=CN1Cc1cccnc1. The first kappa shape index (κ1) is 15.3. The van der Waals surface area contributed by atoms with Crippen LogP contribution in [0.2, 0.25) is 0 Å². The van der Waals surface area contributed by atoms with Gasteiger partial charge in [0.25, 0.3) is 0 Å². The average Bonchev–Trinajstić information content (AvgIpc) is 2.57. The van der Waals surface area contributed by atoms with Gasteiger partial charge < -0.3 is 4.90 Å².